The first kappa shape index (κ1) is 80.2. The third kappa shape index (κ3) is 16.1. The number of nitrogen functional groups attached to an aromatic ring is 1. The van der Waals surface area contributed by atoms with Gasteiger partial charge >= 0.3 is 423 Å². The summed E-state index contributed by atoms with van der Waals surface area (Å²) in [6, 6.07) is 8.62. The third-order valence-electron chi connectivity index (χ3n) is 22.0. The van der Waals surface area contributed by atoms with Gasteiger partial charge in [-0.25, -0.2) is 9.78 Å². The maximum atomic E-state index is 14.5. The van der Waals surface area contributed by atoms with E-state index < -0.39 is 149 Å². The van der Waals surface area contributed by atoms with Crippen molar-refractivity contribution in [2.45, 2.75) is 189 Å². The maximum absolute atomic E-state index is 14.5. The van der Waals surface area contributed by atoms with E-state index in [0.29, 0.717) is 62.1 Å². The minimum absolute atomic E-state index is 0.0111. The van der Waals surface area contributed by atoms with Crippen LogP contribution >= 0.6 is 7.82 Å². The van der Waals surface area contributed by atoms with Gasteiger partial charge in [-0.1, -0.05) is 0 Å². The number of rotatable bonds is 28. The molecule has 2 aromatic carbocycles. The van der Waals surface area contributed by atoms with E-state index in [1.165, 1.54) is 30.0 Å². The molecule has 33 heteroatoms. The molecule has 15 atom stereocenters. The predicted octanol–water partition coefficient (Wildman–Crippen LogP) is 3.69. The van der Waals surface area contributed by atoms with Crippen LogP contribution in [0.3, 0.4) is 0 Å². The molecule has 0 saturated carbocycles. The molecule has 103 heavy (non-hydrogen) atoms. The Morgan fingerprint density at radius 2 is 1.39 bits per heavy atom. The topological polar surface area (TPSA) is 541 Å². The summed E-state index contributed by atoms with van der Waals surface area (Å²) in [5.74, 6) is -8.81. The first-order chi connectivity index (χ1) is 48.0. The number of aliphatic imine (C=N–C) groups is 3. The molecule has 2 unspecified atom stereocenters. The van der Waals surface area contributed by atoms with Gasteiger partial charge in [-0.3, -0.25) is 4.57 Å². The van der Waals surface area contributed by atoms with E-state index in [-0.39, 0.29) is 97.6 Å². The Bertz CT molecular complexity index is 4200. The number of fused-ring (bicyclic) bond motifs is 7. The number of nitrogens with two attached hydrogens (primary N) is 7. The fourth-order valence-corrected chi connectivity index (χ4v) is 18.7. The second-order valence-electron chi connectivity index (χ2n) is 29.2. The molecule has 31 nitrogen and oxygen atoms in total. The van der Waals surface area contributed by atoms with Crippen molar-refractivity contribution < 1.29 is 91.8 Å². The molecule has 2 fully saturated rings. The van der Waals surface area contributed by atoms with Gasteiger partial charge in [0.05, 0.1) is 29.5 Å². The SMILES string of the molecule is C/C1=C2N=C(/C=C3N=C(/C(C)=C4/[C@@H](CCC(N)=O)[C@](C)(CC(N)=O)[C@](C)([C@@H]5N=C1[C@](C)(CCC(=O)NCC(C)OP(=O)([O-])O[C@H]1[C@@H](O)[C@@H](n6cnc7cc(C)c(C)cc76)O[C@@H]1CO)[C@H]5CC(N)=O)[N]4[Co+][C]#N)[C@@](C)(CC(N)=O)[C@@H]\3CCC(N)=O)C(C)(C)[C@@H]/2CCC(N)=O.Nc1ccc(C(=O)O)cc1. The fraction of sp³-hybridized carbons (Fsp3) is 0.557. The number of carbonyl (C=O) groups is 8. The number of phosphoric acid groups is 1. The minimum atomic E-state index is -5.35. The number of nitrogens with one attached hydrogen (secondary N) is 1. The number of anilines is 1. The van der Waals surface area contributed by atoms with E-state index in [2.05, 4.69) is 15.3 Å². The van der Waals surface area contributed by atoms with Gasteiger partial charge < -0.3 is 39.8 Å². The molecule has 9 rings (SSSR count). The van der Waals surface area contributed by atoms with Gasteiger partial charge in [0.15, 0.2) is 6.23 Å². The summed E-state index contributed by atoms with van der Waals surface area (Å²) in [5, 5.41) is 46.3. The van der Waals surface area contributed by atoms with E-state index in [1.807, 2.05) is 53.7 Å². The number of primary amides is 6. The van der Waals surface area contributed by atoms with E-state index >= 15 is 0 Å². The van der Waals surface area contributed by atoms with Crippen molar-refractivity contribution in [3.63, 3.8) is 0 Å². The van der Waals surface area contributed by atoms with Crippen molar-refractivity contribution in [3.05, 3.63) is 93.7 Å². The number of carboxylic acid groups (broad SMARTS) is 1. The summed E-state index contributed by atoms with van der Waals surface area (Å²) >= 11 is 0.0230. The first-order valence-corrected chi connectivity index (χ1v) is 36.3. The van der Waals surface area contributed by atoms with Crippen LogP contribution in [-0.2, 0) is 66.8 Å². The zero-order valence-corrected chi connectivity index (χ0v) is 61.6. The zero-order chi connectivity index (χ0) is 76.6. The zero-order valence-electron chi connectivity index (χ0n) is 59.7. The number of allylic oxidation sites excluding steroid dienone is 6. The van der Waals surface area contributed by atoms with E-state index in [1.54, 1.807) is 49.9 Å². The summed E-state index contributed by atoms with van der Waals surface area (Å²) in [6.07, 6.45) is -5.38. The number of carbonyl (C=O) groups excluding carboxylic acids is 7. The Morgan fingerprint density at radius 3 is 1.95 bits per heavy atom. The van der Waals surface area contributed by atoms with Gasteiger partial charge in [-0.05, 0) is 61.4 Å². The van der Waals surface area contributed by atoms with Crippen LogP contribution in [-0.4, -0.2) is 142 Å². The van der Waals surface area contributed by atoms with Crippen LogP contribution in [0.15, 0.2) is 92.0 Å². The van der Waals surface area contributed by atoms with Crippen LogP contribution in [0.4, 0.5) is 5.69 Å². The number of nitriles is 1. The number of imidazole rings is 1. The second-order valence-corrected chi connectivity index (χ2v) is 31.5. The Kier molecular flexibility index (Phi) is 24.2. The van der Waals surface area contributed by atoms with Crippen LogP contribution in [0.5, 0.6) is 0 Å². The molecule has 0 spiro atoms. The standard InChI is InChI=1S/C62H90N13O14P.C7H7NO2.CN.Co/c1-29-20-39-40(21-30(29)2)75(28-70-39)57-52(84)53(41(27-76)87-57)89-90(85,86)88-31(3)26-69-49(83)18-19-59(8)37(22-46(66)80)56-62(11)61(10,25-48(68)82)36(14-17-45(65)79)51(74-62)33(5)55-60(9,24-47(67)81)34(12-15-43(63)77)38(71-55)23-42-58(6,7)35(13-16-44(64)78)50(72-42)32(4)54(59)73-56;8-6-3-1-5(2-4-6)7(9)10;1-2;/h20-21,23,28,31,34-37,41,52-53,56-57,76,84H,12-19,22,24-27H2,1-11H3,(H15,63,64,65,66,67,68,69,71,72,73,74,77,78,79,80,81,82,83,85,86);1-4H,8H2,(H,9,10);;/q;;;+2/p-2/t31?,34-,35-,36-,37+,41-,52-,53-,56-,57+,59-,60+,61+,62+;;;/m1.../s1. The molecule has 3 aromatic rings. The molecule has 6 aliphatic rings. The van der Waals surface area contributed by atoms with Gasteiger partial charge in [0, 0.05) is 5.69 Å². The van der Waals surface area contributed by atoms with E-state index in [0.717, 1.165) is 11.1 Å². The first-order valence-electron chi connectivity index (χ1n) is 33.8. The second kappa shape index (κ2) is 31.0. The third-order valence-corrected chi connectivity index (χ3v) is 24.2. The molecule has 2 saturated heterocycles. The van der Waals surface area contributed by atoms with Crippen LogP contribution in [0.2, 0.25) is 0 Å². The number of aliphatic hydroxyl groups excluding tert-OH is 2. The van der Waals surface area contributed by atoms with Crippen molar-refractivity contribution in [1.29, 1.82) is 5.26 Å². The number of carboxylic acids is 1. The monoisotopic (exact) mass is 1490 g/mol. The van der Waals surface area contributed by atoms with Crippen molar-refractivity contribution in [1.82, 2.24) is 18.8 Å². The fourth-order valence-electron chi connectivity index (χ4n) is 16.3. The molecule has 0 aliphatic carbocycles. The van der Waals surface area contributed by atoms with Crippen molar-refractivity contribution in [2.75, 3.05) is 18.9 Å². The Balaban J connectivity index is 0.00000124. The van der Waals surface area contributed by atoms with E-state index in [4.69, 9.17) is 74.0 Å². The number of ether oxygens (including phenoxy) is 1. The van der Waals surface area contributed by atoms with Crippen molar-refractivity contribution >= 4 is 89.0 Å². The molecule has 8 bridgehead atoms. The molecule has 7 heterocycles. The Morgan fingerprint density at radius 1 is 0.796 bits per heavy atom. The van der Waals surface area contributed by atoms with Gasteiger partial charge in [-0.2, -0.15) is 0 Å². The van der Waals surface area contributed by atoms with Crippen molar-refractivity contribution in [3.8, 4) is 5.00 Å². The number of phosphoric ester groups is 1. The number of aryl methyl sites for hydroxylation is 2. The normalized spacial score (nSPS) is 31.2. The minimum Gasteiger partial charge on any atom is -0.478 e. The number of amides is 7. The molecular weight excluding hydrogens is 1400 g/mol. The number of aromatic carboxylic acids is 1. The van der Waals surface area contributed by atoms with Gasteiger partial charge in [0.2, 0.25) is 0 Å². The Labute approximate surface area is 603 Å². The van der Waals surface area contributed by atoms with Gasteiger partial charge in [0.1, 0.15) is 18.3 Å². The summed E-state index contributed by atoms with van der Waals surface area (Å²) < 4.78 is 33.7. The molecule has 7 amide bonds. The summed E-state index contributed by atoms with van der Waals surface area (Å²) in [7, 11) is -5.35. The molecule has 560 valence electrons. The number of hydrogen-bond acceptors (Lipinski definition) is 22. The van der Waals surface area contributed by atoms with Crippen molar-refractivity contribution in [2.24, 2.45) is 94.7 Å². The molecule has 6 aliphatic heterocycles. The molecule has 18 N–H and O–H groups in total. The average Bonchev–Trinajstić information content (AvgIpc) is 1.51. The average molecular weight is 1490 g/mol. The quantitative estimate of drug-likeness (QED) is 0.0365. The predicted molar refractivity (Wildman–Crippen MR) is 374 cm³/mol. The van der Waals surface area contributed by atoms with Crippen LogP contribution in [0.1, 0.15) is 161 Å². The van der Waals surface area contributed by atoms with Gasteiger partial charge in [0.25, 0.3) is 7.82 Å². The van der Waals surface area contributed by atoms with Crippen LogP contribution in [0, 0.1) is 69.4 Å². The van der Waals surface area contributed by atoms with Crippen LogP contribution < -0.4 is 50.3 Å². The number of benzene rings is 2. The molecule has 1 aromatic heterocycles. The Hall–Kier alpha value is -8.51. The smallest absolute Gasteiger partial charge is 0.478 e. The summed E-state index contributed by atoms with van der Waals surface area (Å²) in [4.78, 5) is 139. The number of hydrogen-bond donors (Lipinski definition) is 11. The van der Waals surface area contributed by atoms with E-state index in [9.17, 15) is 63.3 Å². The molecular formula is C70H95CoN15O16P. The summed E-state index contributed by atoms with van der Waals surface area (Å²) in [5.41, 5.74) is 42.5. The summed E-state index contributed by atoms with van der Waals surface area (Å²) in [6.45, 7) is 18.8. The number of aromatic nitrogens is 2. The van der Waals surface area contributed by atoms with Gasteiger partial charge in [-0.15, -0.1) is 0 Å². The number of aliphatic hydroxyl groups is 2. The number of nitrogens with zero attached hydrogens (tertiary/aromatic N) is 7. The molecule has 0 radical (unpaired) electrons. The van der Waals surface area contributed by atoms with Crippen LogP contribution in [0.25, 0.3) is 11.0 Å².